The fraction of sp³-hybridized carbons (Fsp3) is 0.750. The van der Waals surface area contributed by atoms with Crippen LogP contribution in [0.2, 0.25) is 0 Å². The van der Waals surface area contributed by atoms with Crippen molar-refractivity contribution in [2.24, 2.45) is 0 Å². The van der Waals surface area contributed by atoms with E-state index in [1.165, 1.54) is 0 Å². The SMILES string of the molecule is CCCC(=O)O.[V]. The van der Waals surface area contributed by atoms with Crippen molar-refractivity contribution in [2.75, 3.05) is 0 Å². The predicted molar refractivity (Wildman–Crippen MR) is 22.5 cm³/mol. The number of aliphatic carboxylic acids is 1. The Labute approximate surface area is 54.8 Å². The largest absolute Gasteiger partial charge is 0.481 e. The first-order valence-electron chi connectivity index (χ1n) is 1.99. The Bertz CT molecular complexity index is 53.7. The van der Waals surface area contributed by atoms with E-state index < -0.39 is 5.97 Å². The van der Waals surface area contributed by atoms with Gasteiger partial charge in [-0.1, -0.05) is 6.92 Å². The molecule has 0 rings (SSSR count). The van der Waals surface area contributed by atoms with Crippen LogP contribution in [0.1, 0.15) is 19.8 Å². The molecule has 0 spiro atoms. The topological polar surface area (TPSA) is 37.3 Å². The van der Waals surface area contributed by atoms with Crippen molar-refractivity contribution in [3.8, 4) is 0 Å². The molecule has 1 radical (unpaired) electrons. The Morgan fingerprint density at radius 3 is 2.14 bits per heavy atom. The molecule has 0 bridgehead atoms. The Balaban J connectivity index is 0. The predicted octanol–water partition coefficient (Wildman–Crippen LogP) is 0.869. The van der Waals surface area contributed by atoms with Crippen LogP contribution in [-0.2, 0) is 23.4 Å². The summed E-state index contributed by atoms with van der Waals surface area (Å²) in [5.74, 6) is -0.711. The van der Waals surface area contributed by atoms with Gasteiger partial charge in [0.1, 0.15) is 0 Å². The van der Waals surface area contributed by atoms with E-state index >= 15 is 0 Å². The molecule has 0 heterocycles. The van der Waals surface area contributed by atoms with Gasteiger partial charge in [-0.2, -0.15) is 0 Å². The number of rotatable bonds is 2. The van der Waals surface area contributed by atoms with Gasteiger partial charge in [0.15, 0.2) is 0 Å². The fourth-order valence-electron chi connectivity index (χ4n) is 0.214. The van der Waals surface area contributed by atoms with E-state index in [-0.39, 0.29) is 18.6 Å². The molecule has 0 aromatic carbocycles. The smallest absolute Gasteiger partial charge is 0.303 e. The monoisotopic (exact) mass is 139 g/mol. The van der Waals surface area contributed by atoms with Crippen molar-refractivity contribution in [1.29, 1.82) is 0 Å². The van der Waals surface area contributed by atoms with Crippen LogP contribution in [0.25, 0.3) is 0 Å². The van der Waals surface area contributed by atoms with Gasteiger partial charge in [-0.15, -0.1) is 0 Å². The van der Waals surface area contributed by atoms with Gasteiger partial charge in [0.2, 0.25) is 0 Å². The molecule has 0 aliphatic carbocycles. The van der Waals surface area contributed by atoms with Crippen molar-refractivity contribution in [3.05, 3.63) is 0 Å². The summed E-state index contributed by atoms with van der Waals surface area (Å²) in [5.41, 5.74) is 0. The molecule has 41 valence electrons. The number of hydrogen-bond acceptors (Lipinski definition) is 1. The summed E-state index contributed by atoms with van der Waals surface area (Å²) >= 11 is 0. The Kier molecular flexibility index (Phi) is 8.75. The summed E-state index contributed by atoms with van der Waals surface area (Å²) in [4.78, 5) is 9.60. The Morgan fingerprint density at radius 2 is 2.14 bits per heavy atom. The van der Waals surface area contributed by atoms with Crippen molar-refractivity contribution in [3.63, 3.8) is 0 Å². The van der Waals surface area contributed by atoms with Crippen molar-refractivity contribution in [2.45, 2.75) is 19.8 Å². The second-order valence-corrected chi connectivity index (χ2v) is 1.14. The van der Waals surface area contributed by atoms with Crippen molar-refractivity contribution >= 4 is 5.97 Å². The van der Waals surface area contributed by atoms with E-state index in [1.54, 1.807) is 0 Å². The first-order chi connectivity index (χ1) is 2.77. The molecule has 0 aromatic rings. The molecule has 0 saturated heterocycles. The van der Waals surface area contributed by atoms with Crippen LogP contribution >= 0.6 is 0 Å². The van der Waals surface area contributed by atoms with E-state index in [1.807, 2.05) is 6.92 Å². The van der Waals surface area contributed by atoms with Crippen molar-refractivity contribution < 1.29 is 28.5 Å². The average molecular weight is 139 g/mol. The van der Waals surface area contributed by atoms with Gasteiger partial charge in [0.25, 0.3) is 0 Å². The molecule has 0 saturated carbocycles. The second kappa shape index (κ2) is 6.05. The fourth-order valence-corrected chi connectivity index (χ4v) is 0.214. The third kappa shape index (κ3) is 10.7. The van der Waals surface area contributed by atoms with E-state index in [4.69, 9.17) is 5.11 Å². The number of carbonyl (C=O) groups is 1. The van der Waals surface area contributed by atoms with Crippen LogP contribution in [-0.4, -0.2) is 11.1 Å². The quantitative estimate of drug-likeness (QED) is 0.616. The van der Waals surface area contributed by atoms with Gasteiger partial charge in [-0.05, 0) is 6.42 Å². The van der Waals surface area contributed by atoms with Crippen LogP contribution in [0.15, 0.2) is 0 Å². The summed E-state index contributed by atoms with van der Waals surface area (Å²) < 4.78 is 0. The molecule has 0 aliphatic heterocycles. The minimum Gasteiger partial charge on any atom is -0.481 e. The number of carboxylic acids is 1. The van der Waals surface area contributed by atoms with Crippen LogP contribution < -0.4 is 0 Å². The van der Waals surface area contributed by atoms with Gasteiger partial charge >= 0.3 is 5.97 Å². The molecule has 7 heavy (non-hydrogen) atoms. The van der Waals surface area contributed by atoms with E-state index in [2.05, 4.69) is 0 Å². The molecule has 0 fully saturated rings. The van der Waals surface area contributed by atoms with Crippen LogP contribution in [0, 0.1) is 0 Å². The molecule has 0 aliphatic rings. The molecule has 2 nitrogen and oxygen atoms in total. The molecular formula is C4H8O2V. The van der Waals surface area contributed by atoms with Gasteiger partial charge in [0, 0.05) is 25.0 Å². The average Bonchev–Trinajstić information content (AvgIpc) is 1.35. The zero-order valence-corrected chi connectivity index (χ0v) is 5.61. The van der Waals surface area contributed by atoms with E-state index in [9.17, 15) is 4.79 Å². The minimum absolute atomic E-state index is 0. The molecule has 0 unspecified atom stereocenters. The standard InChI is InChI=1S/C4H8O2.V/c1-2-3-4(5)6;/h2-3H2,1H3,(H,5,6);. The van der Waals surface area contributed by atoms with Gasteiger partial charge in [0.05, 0.1) is 0 Å². The van der Waals surface area contributed by atoms with Crippen LogP contribution in [0.3, 0.4) is 0 Å². The zero-order chi connectivity index (χ0) is 4.99. The molecular weight excluding hydrogens is 131 g/mol. The minimum atomic E-state index is -0.711. The Morgan fingerprint density at radius 1 is 1.71 bits per heavy atom. The molecule has 0 aromatic heterocycles. The third-order valence-corrected chi connectivity index (χ3v) is 0.464. The summed E-state index contributed by atoms with van der Waals surface area (Å²) in [5, 5.41) is 7.91. The van der Waals surface area contributed by atoms with Crippen molar-refractivity contribution in [1.82, 2.24) is 0 Å². The first-order valence-corrected chi connectivity index (χ1v) is 1.99. The summed E-state index contributed by atoms with van der Waals surface area (Å²) in [6.07, 6.45) is 1.02. The summed E-state index contributed by atoms with van der Waals surface area (Å²) in [6, 6.07) is 0. The van der Waals surface area contributed by atoms with Gasteiger partial charge < -0.3 is 5.11 Å². The summed E-state index contributed by atoms with van der Waals surface area (Å²) in [7, 11) is 0. The van der Waals surface area contributed by atoms with Crippen LogP contribution in [0.5, 0.6) is 0 Å². The van der Waals surface area contributed by atoms with Gasteiger partial charge in [-0.3, -0.25) is 4.79 Å². The Hall–Kier alpha value is 0.0544. The molecule has 1 N–H and O–H groups in total. The van der Waals surface area contributed by atoms with Crippen LogP contribution in [0.4, 0.5) is 0 Å². The third-order valence-electron chi connectivity index (χ3n) is 0.464. The molecule has 0 amide bonds. The molecule has 3 heteroatoms. The normalized spacial score (nSPS) is 7.00. The summed E-state index contributed by atoms with van der Waals surface area (Å²) in [6.45, 7) is 1.84. The van der Waals surface area contributed by atoms with E-state index in [0.717, 1.165) is 6.42 Å². The number of carboxylic acid groups (broad SMARTS) is 1. The molecule has 0 atom stereocenters. The maximum absolute atomic E-state index is 9.60. The number of hydrogen-bond donors (Lipinski definition) is 1. The first kappa shape index (κ1) is 10.1. The second-order valence-electron chi connectivity index (χ2n) is 1.14. The van der Waals surface area contributed by atoms with E-state index in [0.29, 0.717) is 6.42 Å². The maximum atomic E-state index is 9.60. The maximum Gasteiger partial charge on any atom is 0.303 e. The van der Waals surface area contributed by atoms with Gasteiger partial charge in [-0.25, -0.2) is 0 Å². The zero-order valence-electron chi connectivity index (χ0n) is 4.22.